The van der Waals surface area contributed by atoms with Gasteiger partial charge in [0.2, 0.25) is 0 Å². The van der Waals surface area contributed by atoms with Crippen molar-refractivity contribution in [2.75, 3.05) is 6.54 Å². The van der Waals surface area contributed by atoms with Gasteiger partial charge in [-0.3, -0.25) is 14.6 Å². The Bertz CT molecular complexity index is 604. The highest BCUT2D eigenvalue weighted by Gasteiger charge is 2.39. The van der Waals surface area contributed by atoms with Crippen LogP contribution in [0.3, 0.4) is 0 Å². The molecule has 0 saturated carbocycles. The third-order valence-electron chi connectivity index (χ3n) is 2.82. The number of hydrogen-bond acceptors (Lipinski definition) is 5. The number of carbonyl (C=O) groups is 2. The molecule has 0 aromatic carbocycles. The lowest BCUT2D eigenvalue weighted by molar-refractivity contribution is -0.141. The van der Waals surface area contributed by atoms with Crippen LogP contribution in [0.4, 0.5) is 0 Å². The minimum Gasteiger partial charge on any atom is -0.480 e. The van der Waals surface area contributed by atoms with Gasteiger partial charge in [0, 0.05) is 19.0 Å². The number of β-amino-alcohol motifs (C(OH)–C–C–N with tert-alkyl or cyclic N) is 1. The van der Waals surface area contributed by atoms with Crippen molar-refractivity contribution in [3.8, 4) is 0 Å². The zero-order valence-corrected chi connectivity index (χ0v) is 9.62. The second-order valence-electron chi connectivity index (χ2n) is 4.20. The Labute approximate surface area is 105 Å². The maximum absolute atomic E-state index is 12.0. The molecule has 1 unspecified atom stereocenters. The maximum Gasteiger partial charge on any atom is 0.326 e. The van der Waals surface area contributed by atoms with Gasteiger partial charge in [0.15, 0.2) is 0 Å². The number of aliphatic carboxylic acids is 1. The van der Waals surface area contributed by atoms with Crippen molar-refractivity contribution in [3.05, 3.63) is 32.6 Å². The Morgan fingerprint density at radius 3 is 2.58 bits per heavy atom. The molecule has 4 N–H and O–H groups in total. The number of rotatable bonds is 2. The second-order valence-corrected chi connectivity index (χ2v) is 4.20. The first-order valence-electron chi connectivity index (χ1n) is 5.44. The number of H-pyrrole nitrogens is 2. The minimum atomic E-state index is -1.25. The maximum atomic E-state index is 12.0. The van der Waals surface area contributed by atoms with Crippen LogP contribution in [-0.2, 0) is 4.79 Å². The molecule has 0 spiro atoms. The Balaban J connectivity index is 2.35. The number of nitrogens with zero attached hydrogens (tertiary/aromatic N) is 1. The van der Waals surface area contributed by atoms with Crippen LogP contribution in [0, 0.1) is 0 Å². The summed E-state index contributed by atoms with van der Waals surface area (Å²) in [6.45, 7) is -0.162. The Kier molecular flexibility index (Phi) is 3.21. The van der Waals surface area contributed by atoms with Gasteiger partial charge in [-0.15, -0.1) is 0 Å². The number of aromatic amines is 2. The van der Waals surface area contributed by atoms with Gasteiger partial charge in [-0.1, -0.05) is 0 Å². The fourth-order valence-electron chi connectivity index (χ4n) is 2.01. The number of likely N-dealkylation sites (tertiary alicyclic amines) is 1. The van der Waals surface area contributed by atoms with Crippen LogP contribution in [0.2, 0.25) is 0 Å². The molecule has 19 heavy (non-hydrogen) atoms. The topological polar surface area (TPSA) is 144 Å². The van der Waals surface area contributed by atoms with Crippen molar-refractivity contribution < 1.29 is 19.8 Å². The highest BCUT2D eigenvalue weighted by molar-refractivity contribution is 5.95. The van der Waals surface area contributed by atoms with Crippen LogP contribution in [0.25, 0.3) is 0 Å². The van der Waals surface area contributed by atoms with E-state index in [1.807, 2.05) is 4.98 Å². The molecule has 1 aliphatic rings. The number of hydrogen-bond donors (Lipinski definition) is 4. The number of nitrogens with one attached hydrogen (secondary N) is 2. The summed E-state index contributed by atoms with van der Waals surface area (Å²) in [5, 5.41) is 18.4. The number of aliphatic hydroxyl groups is 1. The monoisotopic (exact) mass is 269 g/mol. The lowest BCUT2D eigenvalue weighted by Crippen LogP contribution is -2.42. The smallest absolute Gasteiger partial charge is 0.326 e. The average Bonchev–Trinajstić information content (AvgIpc) is 2.69. The van der Waals surface area contributed by atoms with Gasteiger partial charge < -0.3 is 20.1 Å². The summed E-state index contributed by atoms with van der Waals surface area (Å²) in [6, 6.07) is -0.307. The van der Waals surface area contributed by atoms with Crippen LogP contribution in [-0.4, -0.2) is 55.6 Å². The Morgan fingerprint density at radius 1 is 1.32 bits per heavy atom. The Morgan fingerprint density at radius 2 is 2.00 bits per heavy atom. The van der Waals surface area contributed by atoms with Gasteiger partial charge in [-0.2, -0.15) is 0 Å². The highest BCUT2D eigenvalue weighted by atomic mass is 16.4. The summed E-state index contributed by atoms with van der Waals surface area (Å²) in [7, 11) is 0. The zero-order valence-electron chi connectivity index (χ0n) is 9.62. The van der Waals surface area contributed by atoms with Crippen LogP contribution in [0.5, 0.6) is 0 Å². The second kappa shape index (κ2) is 4.69. The average molecular weight is 269 g/mol. The van der Waals surface area contributed by atoms with Crippen LogP contribution >= 0.6 is 0 Å². The van der Waals surface area contributed by atoms with Crippen molar-refractivity contribution >= 4 is 11.9 Å². The van der Waals surface area contributed by atoms with Gasteiger partial charge in [0.25, 0.3) is 11.5 Å². The third kappa shape index (κ3) is 2.55. The number of carboxylic acid groups (broad SMARTS) is 1. The van der Waals surface area contributed by atoms with E-state index < -0.39 is 35.3 Å². The molecule has 0 bridgehead atoms. The van der Waals surface area contributed by atoms with Crippen LogP contribution < -0.4 is 11.2 Å². The van der Waals surface area contributed by atoms with E-state index in [1.165, 1.54) is 0 Å². The number of carboxylic acids is 1. The van der Waals surface area contributed by atoms with Gasteiger partial charge in [-0.25, -0.2) is 9.59 Å². The molecular formula is C10H11N3O6. The molecule has 102 valence electrons. The van der Waals surface area contributed by atoms with Crippen molar-refractivity contribution in [1.29, 1.82) is 0 Å². The van der Waals surface area contributed by atoms with Crippen molar-refractivity contribution in [1.82, 2.24) is 14.9 Å². The summed E-state index contributed by atoms with van der Waals surface area (Å²) in [6.07, 6.45) is -1.03. The molecule has 9 heteroatoms. The first-order chi connectivity index (χ1) is 8.88. The SMILES string of the molecule is O=C(O)[C@@H]1CC(O)CN1C(=O)c1cc(=O)[nH]c(=O)[nH]1. The molecular weight excluding hydrogens is 258 g/mol. The van der Waals surface area contributed by atoms with Gasteiger partial charge in [0.1, 0.15) is 11.7 Å². The van der Waals surface area contributed by atoms with Crippen molar-refractivity contribution in [3.63, 3.8) is 0 Å². The summed E-state index contributed by atoms with van der Waals surface area (Å²) in [5.74, 6) is -2.07. The normalized spacial score (nSPS) is 22.5. The lowest BCUT2D eigenvalue weighted by atomic mass is 10.2. The van der Waals surface area contributed by atoms with E-state index >= 15 is 0 Å². The predicted octanol–water partition coefficient (Wildman–Crippen LogP) is -2.28. The predicted molar refractivity (Wildman–Crippen MR) is 60.8 cm³/mol. The molecule has 1 aromatic heterocycles. The van der Waals surface area contributed by atoms with E-state index in [2.05, 4.69) is 4.98 Å². The molecule has 0 aliphatic carbocycles. The number of carbonyl (C=O) groups excluding carboxylic acids is 1. The zero-order chi connectivity index (χ0) is 14.2. The summed E-state index contributed by atoms with van der Waals surface area (Å²) in [4.78, 5) is 50.1. The molecule has 1 aliphatic heterocycles. The molecule has 1 saturated heterocycles. The first kappa shape index (κ1) is 13.0. The first-order valence-corrected chi connectivity index (χ1v) is 5.44. The van der Waals surface area contributed by atoms with E-state index in [0.717, 1.165) is 11.0 Å². The number of aromatic nitrogens is 2. The summed E-state index contributed by atoms with van der Waals surface area (Å²) < 4.78 is 0. The molecule has 1 amide bonds. The minimum absolute atomic E-state index is 0.0888. The molecule has 0 radical (unpaired) electrons. The molecule has 2 heterocycles. The standard InChI is InChI=1S/C10H11N3O6/c14-4-1-6(9(17)18)13(3-4)8(16)5-2-7(15)12-10(19)11-5/h2,4,6,14H,1,3H2,(H,17,18)(H2,11,12,15,19)/t4?,6-/m0/s1. The Hall–Kier alpha value is -2.42. The van der Waals surface area contributed by atoms with Crippen LogP contribution in [0.1, 0.15) is 16.9 Å². The molecule has 2 atom stereocenters. The van der Waals surface area contributed by atoms with E-state index in [-0.39, 0.29) is 18.7 Å². The van der Waals surface area contributed by atoms with E-state index in [4.69, 9.17) is 5.11 Å². The van der Waals surface area contributed by atoms with E-state index in [9.17, 15) is 24.3 Å². The summed E-state index contributed by atoms with van der Waals surface area (Å²) in [5.41, 5.74) is -1.93. The van der Waals surface area contributed by atoms with Crippen molar-refractivity contribution in [2.24, 2.45) is 0 Å². The van der Waals surface area contributed by atoms with Gasteiger partial charge in [0.05, 0.1) is 6.10 Å². The number of aliphatic hydroxyl groups excluding tert-OH is 1. The highest BCUT2D eigenvalue weighted by Crippen LogP contribution is 2.19. The lowest BCUT2D eigenvalue weighted by Gasteiger charge is -2.20. The molecule has 1 aromatic rings. The largest absolute Gasteiger partial charge is 0.480 e. The quantitative estimate of drug-likeness (QED) is 0.476. The van der Waals surface area contributed by atoms with Gasteiger partial charge >= 0.3 is 11.7 Å². The molecule has 1 fully saturated rings. The summed E-state index contributed by atoms with van der Waals surface area (Å²) >= 11 is 0. The van der Waals surface area contributed by atoms with E-state index in [1.54, 1.807) is 0 Å². The van der Waals surface area contributed by atoms with E-state index in [0.29, 0.717) is 0 Å². The van der Waals surface area contributed by atoms with Gasteiger partial charge in [-0.05, 0) is 0 Å². The fraction of sp³-hybridized carbons (Fsp3) is 0.400. The van der Waals surface area contributed by atoms with Crippen molar-refractivity contribution in [2.45, 2.75) is 18.6 Å². The number of amides is 1. The third-order valence-corrected chi connectivity index (χ3v) is 2.82. The molecule has 9 nitrogen and oxygen atoms in total. The van der Waals surface area contributed by atoms with Crippen LogP contribution in [0.15, 0.2) is 15.7 Å². The fourth-order valence-corrected chi connectivity index (χ4v) is 2.01. The molecule has 2 rings (SSSR count).